The van der Waals surface area contributed by atoms with Crippen LogP contribution in [0.3, 0.4) is 0 Å². The summed E-state index contributed by atoms with van der Waals surface area (Å²) in [7, 11) is 0. The third-order valence-electron chi connectivity index (χ3n) is 4.70. The monoisotopic (exact) mass is 416 g/mol. The minimum atomic E-state index is -4.96. The fraction of sp³-hybridized carbons (Fsp3) is 0.150. The number of hydrogen-bond donors (Lipinski definition) is 2. The molecule has 2 amide bonds. The lowest BCUT2D eigenvalue weighted by Crippen LogP contribution is -2.27. The summed E-state index contributed by atoms with van der Waals surface area (Å²) in [6.45, 7) is 0. The van der Waals surface area contributed by atoms with Gasteiger partial charge in [-0.3, -0.25) is 9.59 Å². The van der Waals surface area contributed by atoms with E-state index >= 15 is 0 Å². The van der Waals surface area contributed by atoms with Gasteiger partial charge in [-0.15, -0.1) is 18.3 Å². The van der Waals surface area contributed by atoms with Gasteiger partial charge in [0.1, 0.15) is 5.75 Å². The third kappa shape index (κ3) is 3.59. The molecule has 3 N–H and O–H groups in total. The Balaban J connectivity index is 1.76. The van der Waals surface area contributed by atoms with Crippen LogP contribution in [0, 0.1) is 0 Å². The van der Waals surface area contributed by atoms with Crippen LogP contribution in [0.4, 0.5) is 13.2 Å². The van der Waals surface area contributed by atoms with Gasteiger partial charge in [-0.05, 0) is 30.5 Å². The van der Waals surface area contributed by atoms with Crippen LogP contribution in [-0.2, 0) is 12.8 Å². The molecule has 0 radical (unpaired) electrons. The number of fused-ring (bicyclic) bond motifs is 3. The van der Waals surface area contributed by atoms with Crippen molar-refractivity contribution in [2.24, 2.45) is 5.73 Å². The van der Waals surface area contributed by atoms with E-state index in [9.17, 15) is 22.8 Å². The zero-order valence-electron chi connectivity index (χ0n) is 15.4. The van der Waals surface area contributed by atoms with Gasteiger partial charge >= 0.3 is 6.36 Å². The van der Waals surface area contributed by atoms with Gasteiger partial charge in [0.25, 0.3) is 11.8 Å². The Hall–Kier alpha value is -3.82. The molecule has 10 heteroatoms. The smallest absolute Gasteiger partial charge is 0.405 e. The predicted molar refractivity (Wildman–Crippen MR) is 100 cm³/mol. The number of carbonyl (C=O) groups excluding carboxylic acids is 2. The maximum Gasteiger partial charge on any atom is 0.573 e. The molecule has 4 rings (SSSR count). The molecule has 0 aliphatic heterocycles. The minimum absolute atomic E-state index is 0.000343. The van der Waals surface area contributed by atoms with Crippen LogP contribution in [-0.4, -0.2) is 28.1 Å². The number of aryl methyl sites for hydroxylation is 1. The van der Waals surface area contributed by atoms with Crippen LogP contribution in [0.2, 0.25) is 0 Å². The summed E-state index contributed by atoms with van der Waals surface area (Å²) in [5, 5.41) is 4.11. The molecule has 0 spiro atoms. The number of amides is 2. The van der Waals surface area contributed by atoms with Gasteiger partial charge in [-0.1, -0.05) is 36.4 Å². The molecule has 0 bridgehead atoms. The van der Waals surface area contributed by atoms with Crippen LogP contribution in [0.25, 0.3) is 11.3 Å². The third-order valence-corrected chi connectivity index (χ3v) is 4.70. The summed E-state index contributed by atoms with van der Waals surface area (Å²) in [6, 6.07) is 12.3. The molecule has 0 saturated carbocycles. The number of nitrogens with one attached hydrogen (secondary N) is 1. The lowest BCUT2D eigenvalue weighted by Gasteiger charge is -2.19. The molecule has 1 aliphatic carbocycles. The van der Waals surface area contributed by atoms with E-state index in [0.717, 1.165) is 22.0 Å². The molecule has 0 unspecified atom stereocenters. The fourth-order valence-corrected chi connectivity index (χ4v) is 3.50. The minimum Gasteiger partial charge on any atom is -0.405 e. The highest BCUT2D eigenvalue weighted by Gasteiger charge is 2.33. The second-order valence-corrected chi connectivity index (χ2v) is 6.59. The Kier molecular flexibility index (Phi) is 4.69. The van der Waals surface area contributed by atoms with E-state index in [2.05, 4.69) is 15.3 Å². The average Bonchev–Trinajstić information content (AvgIpc) is 3.06. The van der Waals surface area contributed by atoms with Gasteiger partial charge in [0.15, 0.2) is 5.69 Å². The molecule has 0 fully saturated rings. The number of ether oxygens (including phenoxy) is 1. The number of primary amides is 1. The molecule has 2 aromatic carbocycles. The zero-order valence-corrected chi connectivity index (χ0v) is 15.4. The molecular weight excluding hydrogens is 401 g/mol. The van der Waals surface area contributed by atoms with Crippen LogP contribution in [0.15, 0.2) is 48.5 Å². The van der Waals surface area contributed by atoms with Crippen molar-refractivity contribution in [3.8, 4) is 17.0 Å². The summed E-state index contributed by atoms with van der Waals surface area (Å²) in [4.78, 5) is 25.7. The van der Waals surface area contributed by atoms with Crippen molar-refractivity contribution in [3.63, 3.8) is 0 Å². The van der Waals surface area contributed by atoms with Crippen molar-refractivity contribution < 1.29 is 27.5 Å². The number of nitrogens with zero attached hydrogens (tertiary/aromatic N) is 2. The molecule has 1 aliphatic rings. The Morgan fingerprint density at radius 2 is 1.77 bits per heavy atom. The molecule has 7 nitrogen and oxygen atoms in total. The average molecular weight is 416 g/mol. The van der Waals surface area contributed by atoms with E-state index in [1.165, 1.54) is 18.2 Å². The number of benzene rings is 2. The zero-order chi connectivity index (χ0) is 21.5. The Bertz CT molecular complexity index is 1150. The summed E-state index contributed by atoms with van der Waals surface area (Å²) in [5.74, 6) is -2.31. The van der Waals surface area contributed by atoms with Crippen LogP contribution in [0.1, 0.15) is 32.0 Å². The lowest BCUT2D eigenvalue weighted by atomic mass is 9.89. The van der Waals surface area contributed by atoms with Gasteiger partial charge in [-0.25, -0.2) is 5.43 Å². The second kappa shape index (κ2) is 7.21. The van der Waals surface area contributed by atoms with E-state index in [1.807, 2.05) is 18.2 Å². The highest BCUT2D eigenvalue weighted by molar-refractivity contribution is 6.03. The Labute approximate surface area is 168 Å². The quantitative estimate of drug-likeness (QED) is 0.683. The van der Waals surface area contributed by atoms with Gasteiger partial charge in [0.05, 0.1) is 11.3 Å². The SMILES string of the molecule is NC(=O)c1nn(NC(=O)c2ccccc2OC(F)(F)F)c2c1CCc1ccccc1-2. The van der Waals surface area contributed by atoms with Gasteiger partial charge in [-0.2, -0.15) is 4.79 Å². The first-order valence-corrected chi connectivity index (χ1v) is 8.90. The van der Waals surface area contributed by atoms with Crippen molar-refractivity contribution in [2.45, 2.75) is 19.2 Å². The van der Waals surface area contributed by atoms with Gasteiger partial charge in [0.2, 0.25) is 0 Å². The topological polar surface area (TPSA) is 99.2 Å². The first kappa shape index (κ1) is 19.5. The largest absolute Gasteiger partial charge is 0.573 e. The predicted octanol–water partition coefficient (Wildman–Crippen LogP) is 3.03. The van der Waals surface area contributed by atoms with E-state index < -0.39 is 23.9 Å². The van der Waals surface area contributed by atoms with E-state index in [1.54, 1.807) is 6.07 Å². The van der Waals surface area contributed by atoms with Crippen molar-refractivity contribution in [2.75, 3.05) is 5.43 Å². The molecule has 3 aromatic rings. The number of halogens is 3. The number of aromatic nitrogens is 2. The molecule has 154 valence electrons. The van der Waals surface area contributed by atoms with Crippen molar-refractivity contribution in [1.82, 2.24) is 9.89 Å². The van der Waals surface area contributed by atoms with Crippen molar-refractivity contribution in [1.29, 1.82) is 0 Å². The number of para-hydroxylation sites is 1. The summed E-state index contributed by atoms with van der Waals surface area (Å²) in [6.07, 6.45) is -3.82. The number of rotatable bonds is 4. The van der Waals surface area contributed by atoms with E-state index in [0.29, 0.717) is 24.1 Å². The van der Waals surface area contributed by atoms with Gasteiger partial charge in [0, 0.05) is 11.1 Å². The van der Waals surface area contributed by atoms with E-state index in [4.69, 9.17) is 5.73 Å². The Morgan fingerprint density at radius 1 is 1.07 bits per heavy atom. The van der Waals surface area contributed by atoms with Crippen molar-refractivity contribution in [3.05, 3.63) is 70.9 Å². The summed E-state index contributed by atoms with van der Waals surface area (Å²) < 4.78 is 42.0. The molecule has 30 heavy (non-hydrogen) atoms. The number of carbonyl (C=O) groups is 2. The van der Waals surface area contributed by atoms with E-state index in [-0.39, 0.29) is 11.3 Å². The highest BCUT2D eigenvalue weighted by Crippen LogP contribution is 2.35. The number of hydrogen-bond acceptors (Lipinski definition) is 4. The normalized spacial score (nSPS) is 12.6. The van der Waals surface area contributed by atoms with Gasteiger partial charge < -0.3 is 10.5 Å². The summed E-state index contributed by atoms with van der Waals surface area (Å²) >= 11 is 0. The molecular formula is C20H15F3N4O3. The number of alkyl halides is 3. The van der Waals surface area contributed by atoms with Crippen LogP contribution >= 0.6 is 0 Å². The molecule has 0 atom stereocenters. The maximum absolute atomic E-state index is 12.8. The van der Waals surface area contributed by atoms with Crippen LogP contribution in [0.5, 0.6) is 5.75 Å². The highest BCUT2D eigenvalue weighted by atomic mass is 19.4. The fourth-order valence-electron chi connectivity index (χ4n) is 3.50. The second-order valence-electron chi connectivity index (χ2n) is 6.59. The number of nitrogens with two attached hydrogens (primary N) is 1. The lowest BCUT2D eigenvalue weighted by molar-refractivity contribution is -0.274. The standard InChI is InChI=1S/C20H15F3N4O3/c21-20(22,23)30-15-8-4-3-7-13(15)19(29)26-27-17-12-6-2-1-5-11(12)9-10-14(17)16(25-27)18(24)28/h1-8H,9-10H2,(H2,24,28)(H,26,29). The molecule has 0 saturated heterocycles. The first-order valence-electron chi connectivity index (χ1n) is 8.90. The van der Waals surface area contributed by atoms with Crippen LogP contribution < -0.4 is 15.9 Å². The Morgan fingerprint density at radius 3 is 2.50 bits per heavy atom. The summed E-state index contributed by atoms with van der Waals surface area (Å²) in [5.41, 5.74) is 10.3. The van der Waals surface area contributed by atoms with Crippen molar-refractivity contribution >= 4 is 11.8 Å². The first-order chi connectivity index (χ1) is 14.2. The molecule has 1 aromatic heterocycles. The molecule has 1 heterocycles. The maximum atomic E-state index is 12.8.